The lowest BCUT2D eigenvalue weighted by molar-refractivity contribution is -0.119. The Balaban J connectivity index is 1.76. The summed E-state index contributed by atoms with van der Waals surface area (Å²) in [5.41, 5.74) is 1.32. The molecule has 22 heavy (non-hydrogen) atoms. The van der Waals surface area contributed by atoms with Gasteiger partial charge in [-0.05, 0) is 18.2 Å². The van der Waals surface area contributed by atoms with Crippen molar-refractivity contribution in [2.24, 2.45) is 0 Å². The molecular weight excluding hydrogens is 284 g/mol. The van der Waals surface area contributed by atoms with E-state index in [9.17, 15) is 4.79 Å². The second kappa shape index (κ2) is 3.91. The first kappa shape index (κ1) is 11.9. The van der Waals surface area contributed by atoms with Crippen LogP contribution in [0, 0.1) is 0 Å². The van der Waals surface area contributed by atoms with Crippen molar-refractivity contribution in [1.29, 1.82) is 0 Å². The molecule has 6 nitrogen and oxygen atoms in total. The maximum absolute atomic E-state index is 12.7. The smallest absolute Gasteiger partial charge is 0.244 e. The number of carbonyl (C=O) groups is 1. The van der Waals surface area contributed by atoms with Gasteiger partial charge in [-0.2, -0.15) is 0 Å². The van der Waals surface area contributed by atoms with Crippen molar-refractivity contribution in [2.45, 2.75) is 5.41 Å². The van der Waals surface area contributed by atoms with Crippen LogP contribution in [0.4, 0.5) is 5.69 Å². The Morgan fingerprint density at radius 1 is 1.09 bits per heavy atom. The van der Waals surface area contributed by atoms with Gasteiger partial charge < -0.3 is 19.5 Å². The maximum atomic E-state index is 12.7. The number of benzene rings is 1. The molecule has 1 N–H and O–H groups in total. The molecule has 0 bridgehead atoms. The molecule has 6 heteroatoms. The Morgan fingerprint density at radius 3 is 2.77 bits per heavy atom. The number of amides is 1. The summed E-state index contributed by atoms with van der Waals surface area (Å²) in [5, 5.41) is 2.90. The van der Waals surface area contributed by atoms with Crippen LogP contribution in [0.5, 0.6) is 17.2 Å². The fraction of sp³-hybridized carbons (Fsp3) is 0.250. The van der Waals surface area contributed by atoms with Crippen LogP contribution in [-0.4, -0.2) is 30.7 Å². The third-order valence-electron chi connectivity index (χ3n) is 4.40. The molecule has 1 unspecified atom stereocenters. The molecule has 1 aromatic carbocycles. The summed E-state index contributed by atoms with van der Waals surface area (Å²) in [4.78, 5) is 17.1. The number of carbonyl (C=O) groups excluding carboxylic acids is 1. The summed E-state index contributed by atoms with van der Waals surface area (Å²) in [6.07, 6.45) is 1.69. The van der Waals surface area contributed by atoms with Crippen molar-refractivity contribution in [3.63, 3.8) is 0 Å². The summed E-state index contributed by atoms with van der Waals surface area (Å²) >= 11 is 0. The van der Waals surface area contributed by atoms with E-state index in [-0.39, 0.29) is 12.5 Å². The predicted molar refractivity (Wildman–Crippen MR) is 76.6 cm³/mol. The number of rotatable bonds is 0. The quantitative estimate of drug-likeness (QED) is 0.797. The minimum absolute atomic E-state index is 0.114. The third-order valence-corrected chi connectivity index (χ3v) is 4.40. The molecule has 0 saturated carbocycles. The van der Waals surface area contributed by atoms with Gasteiger partial charge in [0.15, 0.2) is 16.9 Å². The SMILES string of the molecule is O=C1Nc2cccnc2C12COc1cc3c(cc12)OCCO3. The summed E-state index contributed by atoms with van der Waals surface area (Å²) in [6.45, 7) is 1.25. The monoisotopic (exact) mass is 296 g/mol. The Bertz CT molecular complexity index is 820. The number of aromatic nitrogens is 1. The van der Waals surface area contributed by atoms with E-state index in [2.05, 4.69) is 10.3 Å². The number of ether oxygens (including phenoxy) is 3. The average molecular weight is 296 g/mol. The number of hydrogen-bond donors (Lipinski definition) is 1. The van der Waals surface area contributed by atoms with Gasteiger partial charge >= 0.3 is 0 Å². The first-order valence-electron chi connectivity index (χ1n) is 7.13. The van der Waals surface area contributed by atoms with E-state index in [1.54, 1.807) is 18.3 Å². The van der Waals surface area contributed by atoms with Crippen molar-refractivity contribution < 1.29 is 19.0 Å². The first-order valence-corrected chi connectivity index (χ1v) is 7.13. The second-order valence-electron chi connectivity index (χ2n) is 5.54. The van der Waals surface area contributed by atoms with Gasteiger partial charge in [0.1, 0.15) is 25.6 Å². The van der Waals surface area contributed by atoms with Crippen molar-refractivity contribution in [3.8, 4) is 17.2 Å². The number of nitrogens with zero attached hydrogens (tertiary/aromatic N) is 1. The summed E-state index contributed by atoms with van der Waals surface area (Å²) < 4.78 is 17.0. The fourth-order valence-corrected chi connectivity index (χ4v) is 3.35. The van der Waals surface area contributed by atoms with Crippen LogP contribution in [-0.2, 0) is 10.2 Å². The van der Waals surface area contributed by atoms with E-state index in [1.807, 2.05) is 12.1 Å². The molecule has 5 rings (SSSR count). The molecule has 4 heterocycles. The molecule has 0 radical (unpaired) electrons. The van der Waals surface area contributed by atoms with Crippen LogP contribution in [0.1, 0.15) is 11.3 Å². The van der Waals surface area contributed by atoms with E-state index in [0.29, 0.717) is 36.2 Å². The normalized spacial score (nSPS) is 23.7. The average Bonchev–Trinajstić information content (AvgIpc) is 3.06. The largest absolute Gasteiger partial charge is 0.491 e. The highest BCUT2D eigenvalue weighted by Crippen LogP contribution is 2.52. The first-order chi connectivity index (χ1) is 10.8. The molecule has 0 fully saturated rings. The number of hydrogen-bond acceptors (Lipinski definition) is 5. The Hall–Kier alpha value is -2.76. The van der Waals surface area contributed by atoms with Gasteiger partial charge in [0.2, 0.25) is 5.91 Å². The summed E-state index contributed by atoms with van der Waals surface area (Å²) in [6, 6.07) is 7.30. The molecule has 2 aromatic rings. The highest BCUT2D eigenvalue weighted by Gasteiger charge is 2.55. The fourth-order valence-electron chi connectivity index (χ4n) is 3.35. The second-order valence-corrected chi connectivity index (χ2v) is 5.54. The number of pyridine rings is 1. The van der Waals surface area contributed by atoms with E-state index in [0.717, 1.165) is 11.3 Å². The Labute approximate surface area is 126 Å². The van der Waals surface area contributed by atoms with Crippen LogP contribution in [0.2, 0.25) is 0 Å². The van der Waals surface area contributed by atoms with E-state index in [1.165, 1.54) is 0 Å². The van der Waals surface area contributed by atoms with Crippen LogP contribution >= 0.6 is 0 Å². The third kappa shape index (κ3) is 1.30. The number of fused-ring (bicyclic) bond motifs is 5. The topological polar surface area (TPSA) is 69.7 Å². The lowest BCUT2D eigenvalue weighted by Gasteiger charge is -2.22. The van der Waals surface area contributed by atoms with Gasteiger partial charge in [-0.25, -0.2) is 0 Å². The zero-order valence-electron chi connectivity index (χ0n) is 11.6. The van der Waals surface area contributed by atoms with Crippen molar-refractivity contribution >= 4 is 11.6 Å². The number of anilines is 1. The Kier molecular flexibility index (Phi) is 2.11. The van der Waals surface area contributed by atoms with Crippen molar-refractivity contribution in [1.82, 2.24) is 4.98 Å². The highest BCUT2D eigenvalue weighted by molar-refractivity contribution is 6.09. The minimum atomic E-state index is -0.901. The van der Waals surface area contributed by atoms with Gasteiger partial charge in [0, 0.05) is 17.8 Å². The van der Waals surface area contributed by atoms with Crippen LogP contribution in [0.3, 0.4) is 0 Å². The maximum Gasteiger partial charge on any atom is 0.244 e. The molecule has 3 aliphatic heterocycles. The lowest BCUT2D eigenvalue weighted by atomic mass is 9.80. The van der Waals surface area contributed by atoms with E-state index in [4.69, 9.17) is 14.2 Å². The molecule has 1 spiro atoms. The minimum Gasteiger partial charge on any atom is -0.491 e. The standard InChI is InChI=1S/C16H12N2O4/c19-15-16(14-10(18-15)2-1-3-17-14)8-22-11-7-13-12(6-9(11)16)20-4-5-21-13/h1-3,6-7H,4-5,8H2,(H,18,19). The van der Waals surface area contributed by atoms with Gasteiger partial charge in [0.25, 0.3) is 0 Å². The highest BCUT2D eigenvalue weighted by atomic mass is 16.6. The molecule has 1 amide bonds. The molecule has 110 valence electrons. The van der Waals surface area contributed by atoms with Crippen molar-refractivity contribution in [2.75, 3.05) is 25.1 Å². The van der Waals surface area contributed by atoms with Gasteiger partial charge in [-0.3, -0.25) is 9.78 Å². The molecule has 1 aromatic heterocycles. The van der Waals surface area contributed by atoms with Crippen LogP contribution < -0.4 is 19.5 Å². The van der Waals surface area contributed by atoms with E-state index < -0.39 is 5.41 Å². The molecule has 1 atom stereocenters. The molecule has 3 aliphatic rings. The van der Waals surface area contributed by atoms with E-state index >= 15 is 0 Å². The zero-order valence-corrected chi connectivity index (χ0v) is 11.6. The van der Waals surface area contributed by atoms with Gasteiger partial charge in [-0.15, -0.1) is 0 Å². The predicted octanol–water partition coefficient (Wildman–Crippen LogP) is 1.48. The van der Waals surface area contributed by atoms with Crippen molar-refractivity contribution in [3.05, 3.63) is 41.7 Å². The molecular formula is C16H12N2O4. The summed E-state index contributed by atoms with van der Waals surface area (Å²) in [7, 11) is 0. The lowest BCUT2D eigenvalue weighted by Crippen LogP contribution is -2.37. The number of nitrogens with one attached hydrogen (secondary N) is 1. The van der Waals surface area contributed by atoms with Gasteiger partial charge in [0.05, 0.1) is 11.4 Å². The molecule has 0 aliphatic carbocycles. The Morgan fingerprint density at radius 2 is 1.91 bits per heavy atom. The van der Waals surface area contributed by atoms with Crippen LogP contribution in [0.15, 0.2) is 30.5 Å². The zero-order chi connectivity index (χ0) is 14.7. The van der Waals surface area contributed by atoms with Gasteiger partial charge in [-0.1, -0.05) is 0 Å². The van der Waals surface area contributed by atoms with Crippen LogP contribution in [0.25, 0.3) is 0 Å². The molecule has 0 saturated heterocycles. The summed E-state index contributed by atoms with van der Waals surface area (Å²) in [5.74, 6) is 1.84.